The van der Waals surface area contributed by atoms with Gasteiger partial charge in [0.25, 0.3) is 5.91 Å². The lowest BCUT2D eigenvalue weighted by Crippen LogP contribution is -2.44. The zero-order valence-corrected chi connectivity index (χ0v) is 9.65. The lowest BCUT2D eigenvalue weighted by Gasteiger charge is -2.27. The zero-order valence-electron chi connectivity index (χ0n) is 8.89. The molecule has 0 aromatic heterocycles. The number of amides is 1. The average Bonchev–Trinajstić information content (AvgIpc) is 3.06. The van der Waals surface area contributed by atoms with E-state index >= 15 is 0 Å². The molecular formula is C12H10ClNO3. The number of halogens is 1. The Kier molecular flexibility index (Phi) is 2.09. The van der Waals surface area contributed by atoms with Gasteiger partial charge in [0.05, 0.1) is 0 Å². The minimum absolute atomic E-state index is 0.320. The van der Waals surface area contributed by atoms with E-state index in [1.165, 1.54) is 4.90 Å². The zero-order chi connectivity index (χ0) is 12.2. The van der Waals surface area contributed by atoms with Crippen LogP contribution >= 0.6 is 11.6 Å². The van der Waals surface area contributed by atoms with Crippen LogP contribution in [-0.2, 0) is 4.79 Å². The van der Waals surface area contributed by atoms with Gasteiger partial charge in [0.2, 0.25) is 5.24 Å². The molecule has 0 saturated heterocycles. The number of hydrogen-bond acceptors (Lipinski definition) is 3. The van der Waals surface area contributed by atoms with E-state index in [1.807, 2.05) is 0 Å². The first-order chi connectivity index (χ1) is 8.08. The Morgan fingerprint density at radius 1 is 1.41 bits per heavy atom. The van der Waals surface area contributed by atoms with Crippen molar-refractivity contribution in [1.29, 1.82) is 0 Å². The second-order valence-electron chi connectivity index (χ2n) is 4.44. The van der Waals surface area contributed by atoms with E-state index < -0.39 is 17.0 Å². The first kappa shape index (κ1) is 10.7. The molecule has 1 amide bonds. The Bertz CT molecular complexity index is 524. The molecule has 0 bridgehead atoms. The molecule has 4 nitrogen and oxygen atoms in total. The summed E-state index contributed by atoms with van der Waals surface area (Å²) in [5.74, 6) is -0.320. The highest BCUT2D eigenvalue weighted by molar-refractivity contribution is 6.66. The van der Waals surface area contributed by atoms with Crippen molar-refractivity contribution in [2.75, 3.05) is 0 Å². The average molecular weight is 252 g/mol. The molecule has 5 heteroatoms. The van der Waals surface area contributed by atoms with Crippen molar-refractivity contribution in [2.45, 2.75) is 24.6 Å². The maximum absolute atomic E-state index is 12.2. The van der Waals surface area contributed by atoms with Crippen molar-refractivity contribution < 1.29 is 14.7 Å². The van der Waals surface area contributed by atoms with Gasteiger partial charge >= 0.3 is 0 Å². The largest absolute Gasteiger partial charge is 0.369 e. The van der Waals surface area contributed by atoms with E-state index in [4.69, 9.17) is 11.6 Å². The maximum Gasteiger partial charge on any atom is 0.257 e. The Labute approximate surface area is 103 Å². The van der Waals surface area contributed by atoms with Gasteiger partial charge in [-0.3, -0.25) is 14.5 Å². The van der Waals surface area contributed by atoms with Crippen molar-refractivity contribution in [3.63, 3.8) is 0 Å². The summed E-state index contributed by atoms with van der Waals surface area (Å²) in [6, 6.07) is 6.82. The molecule has 0 radical (unpaired) electrons. The van der Waals surface area contributed by atoms with Crippen LogP contribution in [0.4, 0.5) is 0 Å². The van der Waals surface area contributed by atoms with E-state index in [0.29, 0.717) is 24.0 Å². The molecule has 1 heterocycles. The van der Waals surface area contributed by atoms with Gasteiger partial charge in [0.15, 0.2) is 6.23 Å². The topological polar surface area (TPSA) is 57.6 Å². The summed E-state index contributed by atoms with van der Waals surface area (Å²) in [5.41, 5.74) is 0.00255. The van der Waals surface area contributed by atoms with Gasteiger partial charge in [-0.1, -0.05) is 18.2 Å². The molecule has 17 heavy (non-hydrogen) atoms. The summed E-state index contributed by atoms with van der Waals surface area (Å²) in [6.45, 7) is 0. The van der Waals surface area contributed by atoms with Crippen LogP contribution in [-0.4, -0.2) is 26.7 Å². The fraction of sp³-hybridized carbons (Fsp3) is 0.333. The number of aliphatic hydroxyl groups is 1. The summed E-state index contributed by atoms with van der Waals surface area (Å²) in [7, 11) is 0. The molecule has 1 atom stereocenters. The van der Waals surface area contributed by atoms with Crippen LogP contribution in [0, 0.1) is 0 Å². The Balaban J connectivity index is 2.07. The lowest BCUT2D eigenvalue weighted by molar-refractivity contribution is -0.120. The molecule has 2 aliphatic rings. The van der Waals surface area contributed by atoms with Crippen molar-refractivity contribution in [3.8, 4) is 0 Å². The Hall–Kier alpha value is -1.39. The second-order valence-corrected chi connectivity index (χ2v) is 4.78. The van der Waals surface area contributed by atoms with E-state index in [2.05, 4.69) is 0 Å². The highest BCUT2D eigenvalue weighted by Crippen LogP contribution is 2.50. The van der Waals surface area contributed by atoms with Crippen LogP contribution in [0.3, 0.4) is 0 Å². The van der Waals surface area contributed by atoms with Crippen LogP contribution in [0.15, 0.2) is 24.3 Å². The molecule has 1 aromatic rings. The van der Waals surface area contributed by atoms with Crippen LogP contribution in [0.2, 0.25) is 0 Å². The Morgan fingerprint density at radius 3 is 2.59 bits per heavy atom. The third kappa shape index (κ3) is 1.28. The third-order valence-electron chi connectivity index (χ3n) is 3.48. The van der Waals surface area contributed by atoms with Gasteiger partial charge in [-0.15, -0.1) is 0 Å². The number of nitrogens with zero attached hydrogens (tertiary/aromatic N) is 1. The molecule has 0 spiro atoms. The SMILES string of the molecule is O=C1c2ccccc2C(O)N1C1(C(=O)Cl)CC1. The summed E-state index contributed by atoms with van der Waals surface area (Å²) < 4.78 is 0. The van der Waals surface area contributed by atoms with Crippen molar-refractivity contribution >= 4 is 22.8 Å². The van der Waals surface area contributed by atoms with E-state index in [0.717, 1.165) is 0 Å². The first-order valence-corrected chi connectivity index (χ1v) is 5.76. The van der Waals surface area contributed by atoms with Crippen LogP contribution in [0.25, 0.3) is 0 Å². The normalized spacial score (nSPS) is 24.7. The van der Waals surface area contributed by atoms with Gasteiger partial charge in [-0.05, 0) is 30.5 Å². The predicted octanol–water partition coefficient (Wildman–Crippen LogP) is 1.43. The minimum atomic E-state index is -1.07. The fourth-order valence-electron chi connectivity index (χ4n) is 2.38. The number of carbonyl (C=O) groups excluding carboxylic acids is 2. The van der Waals surface area contributed by atoms with Gasteiger partial charge in [-0.25, -0.2) is 0 Å². The molecule has 1 aliphatic carbocycles. The summed E-state index contributed by atoms with van der Waals surface area (Å²) in [6.07, 6.45) is -0.0259. The lowest BCUT2D eigenvalue weighted by atomic mass is 10.1. The Morgan fingerprint density at radius 2 is 2.06 bits per heavy atom. The quantitative estimate of drug-likeness (QED) is 0.809. The van der Waals surface area contributed by atoms with Gasteiger partial charge in [0.1, 0.15) is 5.54 Å². The molecule has 3 rings (SSSR count). The predicted molar refractivity (Wildman–Crippen MR) is 60.4 cm³/mol. The third-order valence-corrected chi connectivity index (χ3v) is 3.84. The molecule has 1 saturated carbocycles. The summed E-state index contributed by atoms with van der Waals surface area (Å²) in [5, 5.41) is 9.56. The van der Waals surface area contributed by atoms with E-state index in [1.54, 1.807) is 24.3 Å². The van der Waals surface area contributed by atoms with Crippen molar-refractivity contribution in [2.24, 2.45) is 0 Å². The summed E-state index contributed by atoms with van der Waals surface area (Å²) >= 11 is 5.54. The van der Waals surface area contributed by atoms with E-state index in [-0.39, 0.29) is 5.91 Å². The molecule has 1 aromatic carbocycles. The number of rotatable bonds is 2. The highest BCUT2D eigenvalue weighted by Gasteiger charge is 2.60. The van der Waals surface area contributed by atoms with Crippen LogP contribution < -0.4 is 0 Å². The standard InChI is InChI=1S/C12H10ClNO3/c13-11(17)12(5-6-12)14-9(15)7-3-1-2-4-8(7)10(14)16/h1-4,9,15H,5-6H2. The van der Waals surface area contributed by atoms with Gasteiger partial charge < -0.3 is 5.11 Å². The van der Waals surface area contributed by atoms with Gasteiger partial charge in [-0.2, -0.15) is 0 Å². The number of fused-ring (bicyclic) bond motifs is 1. The molecule has 1 fully saturated rings. The highest BCUT2D eigenvalue weighted by atomic mass is 35.5. The summed E-state index contributed by atoms with van der Waals surface area (Å²) in [4.78, 5) is 24.8. The number of hydrogen-bond donors (Lipinski definition) is 1. The fourth-order valence-corrected chi connectivity index (χ4v) is 2.66. The van der Waals surface area contributed by atoms with Crippen LogP contribution in [0.1, 0.15) is 35.0 Å². The van der Waals surface area contributed by atoms with Gasteiger partial charge in [0, 0.05) is 11.1 Å². The molecule has 1 unspecified atom stereocenters. The monoisotopic (exact) mass is 251 g/mol. The maximum atomic E-state index is 12.2. The van der Waals surface area contributed by atoms with Crippen LogP contribution in [0.5, 0.6) is 0 Å². The molecular weight excluding hydrogens is 242 g/mol. The number of carbonyl (C=O) groups is 2. The molecule has 88 valence electrons. The minimum Gasteiger partial charge on any atom is -0.369 e. The first-order valence-electron chi connectivity index (χ1n) is 5.38. The smallest absolute Gasteiger partial charge is 0.257 e. The number of aliphatic hydroxyl groups excluding tert-OH is 1. The molecule has 1 N–H and O–H groups in total. The molecule has 1 aliphatic heterocycles. The van der Waals surface area contributed by atoms with E-state index in [9.17, 15) is 14.7 Å². The van der Waals surface area contributed by atoms with Crippen molar-refractivity contribution in [3.05, 3.63) is 35.4 Å². The van der Waals surface area contributed by atoms with Crippen molar-refractivity contribution in [1.82, 2.24) is 4.90 Å². The number of benzene rings is 1. The second kappa shape index (κ2) is 3.31.